The Kier molecular flexibility index (Phi) is 5.00. The topological polar surface area (TPSA) is 139 Å². The number of pyridine rings is 1. The van der Waals surface area contributed by atoms with Gasteiger partial charge in [-0.05, 0) is 18.2 Å². The Bertz CT molecular complexity index is 1430. The standard InChI is InChI=1S/C23H18ClN5O5/c1-10-28-29-22(33-10)12-4-2-11(3-5-12)18-14(24)6-15-19(27-18)13(7-25)23(26-15)34-17-9-32-20-16(30)8-31-21(17)20/h2-6,16-17,20-21,26,30H,8-9H2,1H3/t16-,17-,20-,21-/m1/s1. The number of nitriles is 1. The Labute approximate surface area is 198 Å². The van der Waals surface area contributed by atoms with Gasteiger partial charge in [0.1, 0.15) is 35.5 Å². The molecule has 10 nitrogen and oxygen atoms in total. The molecule has 0 bridgehead atoms. The van der Waals surface area contributed by atoms with Crippen LogP contribution in [0.4, 0.5) is 0 Å². The number of aliphatic hydroxyl groups excluding tert-OH is 1. The summed E-state index contributed by atoms with van der Waals surface area (Å²) in [6, 6.07) is 11.3. The lowest BCUT2D eigenvalue weighted by Gasteiger charge is -2.16. The van der Waals surface area contributed by atoms with Gasteiger partial charge in [-0.2, -0.15) is 5.26 Å². The number of nitrogens with one attached hydrogen (secondary N) is 1. The van der Waals surface area contributed by atoms with Crippen LogP contribution in [0.1, 0.15) is 11.5 Å². The van der Waals surface area contributed by atoms with Gasteiger partial charge in [0.05, 0.1) is 29.4 Å². The Morgan fingerprint density at radius 3 is 2.65 bits per heavy atom. The molecule has 11 heteroatoms. The normalized spacial score (nSPS) is 23.8. The van der Waals surface area contributed by atoms with Crippen molar-refractivity contribution in [2.75, 3.05) is 13.2 Å². The first-order valence-electron chi connectivity index (χ1n) is 10.6. The summed E-state index contributed by atoms with van der Waals surface area (Å²) in [5, 5.41) is 28.1. The summed E-state index contributed by atoms with van der Waals surface area (Å²) >= 11 is 6.55. The fraction of sp³-hybridized carbons (Fsp3) is 0.304. The highest BCUT2D eigenvalue weighted by atomic mass is 35.5. The second kappa shape index (κ2) is 8.07. The van der Waals surface area contributed by atoms with Crippen molar-refractivity contribution in [3.63, 3.8) is 0 Å². The SMILES string of the molecule is Cc1nnc(-c2ccc(-c3nc4c(C#N)c(O[C@@H]5CO[C@H]6[C@@H]5OC[C@H]6O)[nH]c4cc3Cl)cc2)o1. The number of rotatable bonds is 4. The minimum absolute atomic E-state index is 0.193. The van der Waals surface area contributed by atoms with Crippen LogP contribution in [0.25, 0.3) is 33.7 Å². The molecule has 2 saturated heterocycles. The maximum atomic E-state index is 9.95. The van der Waals surface area contributed by atoms with E-state index in [0.717, 1.165) is 11.1 Å². The van der Waals surface area contributed by atoms with E-state index in [4.69, 9.17) is 30.2 Å². The average molecular weight is 480 g/mol. The van der Waals surface area contributed by atoms with Crippen LogP contribution in [0.15, 0.2) is 34.7 Å². The van der Waals surface area contributed by atoms with Crippen molar-refractivity contribution in [2.24, 2.45) is 0 Å². The maximum Gasteiger partial charge on any atom is 0.247 e. The van der Waals surface area contributed by atoms with Crippen LogP contribution in [0.2, 0.25) is 5.02 Å². The number of ether oxygens (including phenoxy) is 3. The summed E-state index contributed by atoms with van der Waals surface area (Å²) < 4.78 is 22.7. The van der Waals surface area contributed by atoms with Crippen molar-refractivity contribution < 1.29 is 23.7 Å². The number of benzene rings is 1. The van der Waals surface area contributed by atoms with Crippen molar-refractivity contribution in [1.29, 1.82) is 5.26 Å². The number of H-pyrrole nitrogens is 1. The smallest absolute Gasteiger partial charge is 0.247 e. The lowest BCUT2D eigenvalue weighted by molar-refractivity contribution is 0.00789. The number of hydrogen-bond donors (Lipinski definition) is 2. The number of aromatic amines is 1. The molecule has 1 aromatic carbocycles. The molecule has 4 aromatic rings. The van der Waals surface area contributed by atoms with E-state index >= 15 is 0 Å². The molecule has 0 amide bonds. The highest BCUT2D eigenvalue weighted by Gasteiger charge is 2.48. The summed E-state index contributed by atoms with van der Waals surface area (Å²) in [5.74, 6) is 1.17. The van der Waals surface area contributed by atoms with Crippen molar-refractivity contribution in [2.45, 2.75) is 31.3 Å². The molecule has 2 fully saturated rings. The number of aromatic nitrogens is 4. The highest BCUT2D eigenvalue weighted by Crippen LogP contribution is 2.36. The summed E-state index contributed by atoms with van der Waals surface area (Å²) in [7, 11) is 0. The molecule has 34 heavy (non-hydrogen) atoms. The average Bonchev–Trinajstić information content (AvgIpc) is 3.60. The summed E-state index contributed by atoms with van der Waals surface area (Å²) in [4.78, 5) is 7.77. The number of halogens is 1. The van der Waals surface area contributed by atoms with Crippen LogP contribution < -0.4 is 4.74 Å². The van der Waals surface area contributed by atoms with Gasteiger partial charge in [0.2, 0.25) is 17.7 Å². The first-order valence-corrected chi connectivity index (χ1v) is 11.0. The van der Waals surface area contributed by atoms with Crippen LogP contribution in [-0.4, -0.2) is 62.9 Å². The summed E-state index contributed by atoms with van der Waals surface area (Å²) in [6.45, 7) is 2.17. The number of fused-ring (bicyclic) bond motifs is 2. The molecule has 172 valence electrons. The van der Waals surface area contributed by atoms with Crippen LogP contribution >= 0.6 is 11.6 Å². The van der Waals surface area contributed by atoms with Crippen molar-refractivity contribution in [1.82, 2.24) is 20.2 Å². The third-order valence-corrected chi connectivity index (χ3v) is 6.27. The van der Waals surface area contributed by atoms with E-state index < -0.39 is 24.4 Å². The molecule has 2 aliphatic rings. The fourth-order valence-electron chi connectivity index (χ4n) is 4.34. The Hall–Kier alpha value is -3.49. The van der Waals surface area contributed by atoms with E-state index in [0.29, 0.717) is 33.5 Å². The molecule has 4 atom stereocenters. The molecule has 2 N–H and O–H groups in total. The second-order valence-corrected chi connectivity index (χ2v) is 8.59. The van der Waals surface area contributed by atoms with Crippen LogP contribution in [0.5, 0.6) is 5.88 Å². The lowest BCUT2D eigenvalue weighted by Crippen LogP contribution is -2.34. The summed E-state index contributed by atoms with van der Waals surface area (Å²) in [6.07, 6.45) is -1.98. The van der Waals surface area contributed by atoms with Crippen LogP contribution in [-0.2, 0) is 9.47 Å². The molecule has 0 spiro atoms. The Balaban J connectivity index is 1.33. The van der Waals surface area contributed by atoms with Crippen molar-refractivity contribution >= 4 is 22.6 Å². The molecule has 2 aliphatic heterocycles. The van der Waals surface area contributed by atoms with Crippen LogP contribution in [0.3, 0.4) is 0 Å². The minimum Gasteiger partial charge on any atom is -0.469 e. The van der Waals surface area contributed by atoms with E-state index in [2.05, 4.69) is 26.2 Å². The molecular weight excluding hydrogens is 462 g/mol. The van der Waals surface area contributed by atoms with E-state index in [-0.39, 0.29) is 24.7 Å². The number of hydrogen-bond acceptors (Lipinski definition) is 9. The molecule has 3 aromatic heterocycles. The van der Waals surface area contributed by atoms with E-state index in [1.54, 1.807) is 13.0 Å². The van der Waals surface area contributed by atoms with E-state index in [1.165, 1.54) is 0 Å². The predicted octanol–water partition coefficient (Wildman–Crippen LogP) is 3.02. The minimum atomic E-state index is -0.685. The van der Waals surface area contributed by atoms with Gasteiger partial charge < -0.3 is 28.7 Å². The van der Waals surface area contributed by atoms with Gasteiger partial charge >= 0.3 is 0 Å². The fourth-order valence-corrected chi connectivity index (χ4v) is 4.60. The van der Waals surface area contributed by atoms with Crippen molar-refractivity contribution in [3.8, 4) is 34.7 Å². The number of aryl methyl sites for hydroxylation is 1. The highest BCUT2D eigenvalue weighted by molar-refractivity contribution is 6.33. The van der Waals surface area contributed by atoms with Gasteiger partial charge in [0.15, 0.2) is 6.10 Å². The quantitative estimate of drug-likeness (QED) is 0.452. The van der Waals surface area contributed by atoms with Gasteiger partial charge in [-0.25, -0.2) is 4.98 Å². The molecule has 6 rings (SSSR count). The molecule has 5 heterocycles. The zero-order valence-corrected chi connectivity index (χ0v) is 18.6. The van der Waals surface area contributed by atoms with Crippen molar-refractivity contribution in [3.05, 3.63) is 46.8 Å². The number of nitrogens with zero attached hydrogens (tertiary/aromatic N) is 4. The molecule has 0 unspecified atom stereocenters. The Morgan fingerprint density at radius 2 is 1.91 bits per heavy atom. The van der Waals surface area contributed by atoms with E-state index in [1.807, 2.05) is 24.3 Å². The number of aliphatic hydroxyl groups is 1. The monoisotopic (exact) mass is 479 g/mol. The maximum absolute atomic E-state index is 9.95. The van der Waals surface area contributed by atoms with E-state index in [9.17, 15) is 10.4 Å². The molecular formula is C23H18ClN5O5. The zero-order valence-electron chi connectivity index (χ0n) is 17.9. The Morgan fingerprint density at radius 1 is 1.15 bits per heavy atom. The lowest BCUT2D eigenvalue weighted by atomic mass is 10.1. The third kappa shape index (κ3) is 3.41. The largest absolute Gasteiger partial charge is 0.469 e. The van der Waals surface area contributed by atoms with Gasteiger partial charge in [-0.3, -0.25) is 0 Å². The van der Waals surface area contributed by atoms with Gasteiger partial charge in [-0.1, -0.05) is 23.7 Å². The van der Waals surface area contributed by atoms with Gasteiger partial charge in [0.25, 0.3) is 0 Å². The van der Waals surface area contributed by atoms with Gasteiger partial charge in [-0.15, -0.1) is 10.2 Å². The van der Waals surface area contributed by atoms with Gasteiger partial charge in [0, 0.05) is 18.1 Å². The first-order chi connectivity index (χ1) is 16.5. The predicted molar refractivity (Wildman–Crippen MR) is 119 cm³/mol. The second-order valence-electron chi connectivity index (χ2n) is 8.18. The third-order valence-electron chi connectivity index (χ3n) is 5.98. The summed E-state index contributed by atoms with van der Waals surface area (Å²) in [5.41, 5.74) is 3.33. The molecule has 0 radical (unpaired) electrons. The molecule has 0 aliphatic carbocycles. The molecule has 0 saturated carbocycles. The first kappa shape index (κ1) is 21.1. The van der Waals surface area contributed by atoms with Crippen LogP contribution in [0, 0.1) is 18.3 Å². The zero-order chi connectivity index (χ0) is 23.4.